The lowest BCUT2D eigenvalue weighted by atomic mass is 9.86. The molecule has 128 valence electrons. The summed E-state index contributed by atoms with van der Waals surface area (Å²) < 4.78 is 3.42. The monoisotopic (exact) mass is 354 g/mol. The molecule has 0 amide bonds. The summed E-state index contributed by atoms with van der Waals surface area (Å²) in [6, 6.07) is 0. The average Bonchev–Trinajstić information content (AvgIpc) is 3.29. The van der Waals surface area contributed by atoms with Crippen molar-refractivity contribution < 1.29 is 0 Å². The van der Waals surface area contributed by atoms with Gasteiger partial charge in [-0.3, -0.25) is 0 Å². The molecule has 25 heavy (non-hydrogen) atoms. The maximum absolute atomic E-state index is 5.57. The minimum absolute atomic E-state index is 0.255. The Balaban J connectivity index is 1.61. The lowest BCUT2D eigenvalue weighted by molar-refractivity contribution is 0.451. The van der Waals surface area contributed by atoms with Gasteiger partial charge in [0.2, 0.25) is 5.95 Å². The van der Waals surface area contributed by atoms with Gasteiger partial charge in [0.1, 0.15) is 24.0 Å². The summed E-state index contributed by atoms with van der Waals surface area (Å²) in [4.78, 5) is 15.8. The van der Waals surface area contributed by atoms with Gasteiger partial charge in [-0.15, -0.1) is 21.5 Å². The van der Waals surface area contributed by atoms with E-state index in [1.807, 2.05) is 11.3 Å². The molecule has 8 nitrogen and oxygen atoms in total. The van der Waals surface area contributed by atoms with Crippen molar-refractivity contribution in [2.24, 2.45) is 5.92 Å². The first-order chi connectivity index (χ1) is 12.2. The van der Waals surface area contributed by atoms with Gasteiger partial charge in [0.25, 0.3) is 0 Å². The molecule has 0 aliphatic heterocycles. The predicted octanol–water partition coefficient (Wildman–Crippen LogP) is 2.08. The van der Waals surface area contributed by atoms with Gasteiger partial charge in [-0.1, -0.05) is 13.3 Å². The Kier molecular flexibility index (Phi) is 3.24. The van der Waals surface area contributed by atoms with Crippen LogP contribution in [0.5, 0.6) is 0 Å². The van der Waals surface area contributed by atoms with Gasteiger partial charge in [-0.2, -0.15) is 0 Å². The van der Waals surface area contributed by atoms with Gasteiger partial charge in [0.05, 0.1) is 5.39 Å². The molecule has 1 atom stereocenters. The zero-order valence-corrected chi connectivity index (χ0v) is 14.7. The zero-order chi connectivity index (χ0) is 17.0. The largest absolute Gasteiger partial charge is 0.367 e. The summed E-state index contributed by atoms with van der Waals surface area (Å²) in [5, 5.41) is 9.82. The molecule has 4 aromatic rings. The van der Waals surface area contributed by atoms with E-state index in [0.717, 1.165) is 29.2 Å². The average molecular weight is 354 g/mol. The van der Waals surface area contributed by atoms with Crippen LogP contribution < -0.4 is 5.73 Å². The Morgan fingerprint density at radius 1 is 1.28 bits per heavy atom. The van der Waals surface area contributed by atoms with E-state index in [9.17, 15) is 0 Å². The van der Waals surface area contributed by atoms with E-state index >= 15 is 0 Å². The summed E-state index contributed by atoms with van der Waals surface area (Å²) in [6.07, 6.45) is 8.10. The molecule has 4 heterocycles. The molecule has 0 spiro atoms. The highest BCUT2D eigenvalue weighted by atomic mass is 32.1. The van der Waals surface area contributed by atoms with Crippen LogP contribution >= 0.6 is 11.3 Å². The van der Waals surface area contributed by atoms with Crippen LogP contribution in [0.3, 0.4) is 0 Å². The van der Waals surface area contributed by atoms with Crippen LogP contribution in [0.2, 0.25) is 0 Å². The zero-order valence-electron chi connectivity index (χ0n) is 13.9. The third-order valence-electron chi connectivity index (χ3n) is 4.97. The molecule has 5 rings (SSSR count). The first-order valence-electron chi connectivity index (χ1n) is 8.50. The molecule has 1 unspecified atom stereocenters. The highest BCUT2D eigenvalue weighted by Crippen LogP contribution is 2.39. The number of aryl methyl sites for hydroxylation is 1. The van der Waals surface area contributed by atoms with Gasteiger partial charge in [-0.25, -0.2) is 24.1 Å². The molecular formula is C16H18N8S. The van der Waals surface area contributed by atoms with Crippen LogP contribution in [0, 0.1) is 5.92 Å². The number of nitrogens with two attached hydrogens (primary N) is 1. The Morgan fingerprint density at radius 2 is 2.20 bits per heavy atom. The second-order valence-corrected chi connectivity index (χ2v) is 7.63. The number of fused-ring (bicyclic) bond motifs is 5. The first kappa shape index (κ1) is 14.8. The van der Waals surface area contributed by atoms with E-state index < -0.39 is 0 Å². The lowest BCUT2D eigenvalue weighted by Crippen LogP contribution is -2.11. The Morgan fingerprint density at radius 3 is 3.00 bits per heavy atom. The minimum Gasteiger partial charge on any atom is -0.367 e. The predicted molar refractivity (Wildman–Crippen MR) is 95.5 cm³/mol. The SMILES string of the molecule is CCC1CCc2c(sc3ncn4nc(Cn5cnc(N)n5)nc4c23)C1. The third kappa shape index (κ3) is 2.38. The van der Waals surface area contributed by atoms with Crippen LogP contribution in [-0.2, 0) is 19.4 Å². The minimum atomic E-state index is 0.255. The molecule has 4 aromatic heterocycles. The molecular weight excluding hydrogens is 336 g/mol. The van der Waals surface area contributed by atoms with Crippen LogP contribution in [-0.4, -0.2) is 34.3 Å². The third-order valence-corrected chi connectivity index (χ3v) is 6.13. The number of hydrogen-bond donors (Lipinski definition) is 1. The summed E-state index contributed by atoms with van der Waals surface area (Å²) >= 11 is 1.81. The van der Waals surface area contributed by atoms with E-state index in [2.05, 4.69) is 27.1 Å². The second kappa shape index (κ2) is 5.48. The van der Waals surface area contributed by atoms with Crippen molar-refractivity contribution in [3.63, 3.8) is 0 Å². The van der Waals surface area contributed by atoms with Crippen molar-refractivity contribution in [1.82, 2.24) is 34.3 Å². The van der Waals surface area contributed by atoms with Crippen LogP contribution in [0.4, 0.5) is 5.95 Å². The van der Waals surface area contributed by atoms with Crippen molar-refractivity contribution in [2.75, 3.05) is 5.73 Å². The highest BCUT2D eigenvalue weighted by molar-refractivity contribution is 7.19. The lowest BCUT2D eigenvalue weighted by Gasteiger charge is -2.20. The molecule has 0 bridgehead atoms. The number of nitrogen functional groups attached to an aromatic ring is 1. The standard InChI is InChI=1S/C16H18N8S/c1-2-9-3-4-10-11(5-9)25-15-13(10)14-20-12(21-24(14)8-18-15)6-23-7-19-16(17)22-23/h7-9H,2-6H2,1H3,(H2,17,22). The molecule has 2 N–H and O–H groups in total. The molecule has 0 saturated heterocycles. The fraction of sp³-hybridized carbons (Fsp3) is 0.438. The fourth-order valence-electron chi connectivity index (χ4n) is 3.63. The quantitative estimate of drug-likeness (QED) is 0.604. The summed E-state index contributed by atoms with van der Waals surface area (Å²) in [5.41, 5.74) is 7.88. The normalized spacial score (nSPS) is 17.4. The van der Waals surface area contributed by atoms with Crippen LogP contribution in [0.25, 0.3) is 15.9 Å². The van der Waals surface area contributed by atoms with Gasteiger partial charge >= 0.3 is 0 Å². The molecule has 0 aromatic carbocycles. The Labute approximate surface area is 147 Å². The number of rotatable bonds is 3. The van der Waals surface area contributed by atoms with Crippen LogP contribution in [0.15, 0.2) is 12.7 Å². The van der Waals surface area contributed by atoms with E-state index in [4.69, 9.17) is 10.7 Å². The van der Waals surface area contributed by atoms with Gasteiger partial charge in [-0.05, 0) is 30.7 Å². The highest BCUT2D eigenvalue weighted by Gasteiger charge is 2.24. The fourth-order valence-corrected chi connectivity index (χ4v) is 4.93. The number of hydrogen-bond acceptors (Lipinski definition) is 7. The second-order valence-electron chi connectivity index (χ2n) is 6.54. The van der Waals surface area contributed by atoms with Crippen molar-refractivity contribution >= 4 is 33.1 Å². The summed E-state index contributed by atoms with van der Waals surface area (Å²) in [7, 11) is 0. The van der Waals surface area contributed by atoms with E-state index in [1.54, 1.807) is 21.9 Å². The first-order valence-corrected chi connectivity index (χ1v) is 9.32. The molecule has 9 heteroatoms. The maximum Gasteiger partial charge on any atom is 0.239 e. The molecule has 0 saturated carbocycles. The maximum atomic E-state index is 5.57. The topological polar surface area (TPSA) is 99.8 Å². The molecule has 0 radical (unpaired) electrons. The van der Waals surface area contributed by atoms with E-state index in [-0.39, 0.29) is 5.95 Å². The molecule has 1 aliphatic carbocycles. The molecule has 0 fully saturated rings. The molecule has 1 aliphatic rings. The van der Waals surface area contributed by atoms with E-state index in [1.165, 1.54) is 28.7 Å². The number of aromatic nitrogens is 7. The van der Waals surface area contributed by atoms with Gasteiger partial charge in [0, 0.05) is 4.88 Å². The Bertz CT molecular complexity index is 1070. The van der Waals surface area contributed by atoms with Crippen molar-refractivity contribution in [1.29, 1.82) is 0 Å². The summed E-state index contributed by atoms with van der Waals surface area (Å²) in [6.45, 7) is 2.72. The van der Waals surface area contributed by atoms with Crippen molar-refractivity contribution in [2.45, 2.75) is 39.2 Å². The number of nitrogens with zero attached hydrogens (tertiary/aromatic N) is 7. The van der Waals surface area contributed by atoms with Gasteiger partial charge < -0.3 is 5.73 Å². The van der Waals surface area contributed by atoms with Gasteiger partial charge in [0.15, 0.2) is 11.5 Å². The van der Waals surface area contributed by atoms with Crippen LogP contribution in [0.1, 0.15) is 36.0 Å². The van der Waals surface area contributed by atoms with Crippen molar-refractivity contribution in [3.8, 4) is 0 Å². The summed E-state index contributed by atoms with van der Waals surface area (Å²) in [5.74, 6) is 1.73. The van der Waals surface area contributed by atoms with E-state index in [0.29, 0.717) is 12.4 Å². The van der Waals surface area contributed by atoms with Crippen molar-refractivity contribution in [3.05, 3.63) is 28.9 Å². The Hall–Kier alpha value is -2.55. The smallest absolute Gasteiger partial charge is 0.239 e. The number of thiophene rings is 1. The number of anilines is 1.